The van der Waals surface area contributed by atoms with E-state index in [-0.39, 0.29) is 6.47 Å². The second-order valence-corrected chi connectivity index (χ2v) is 13.8. The molecule has 0 aliphatic carbocycles. The van der Waals surface area contributed by atoms with Crippen LogP contribution in [0.2, 0.25) is 0 Å². The molecule has 0 bridgehead atoms. The number of ether oxygens (including phenoxy) is 8. The minimum absolute atomic E-state index is 0.155. The molecule has 23 heteroatoms. The third-order valence-electron chi connectivity index (χ3n) is 10.1. The smallest absolute Gasteiger partial charge is 0.332 e. The molecule has 0 saturated carbocycles. The predicted octanol–water partition coefficient (Wildman–Crippen LogP) is -8.01. The van der Waals surface area contributed by atoms with E-state index in [0.29, 0.717) is 0 Å². The number of amides is 1. The van der Waals surface area contributed by atoms with Gasteiger partial charge in [0.2, 0.25) is 5.91 Å². The van der Waals surface area contributed by atoms with Crippen molar-refractivity contribution < 1.29 is 109 Å². The average Bonchev–Trinajstić information content (AvgIpc) is 3.14. The molecule has 13 N–H and O–H groups in total. The normalized spacial score (nSPS) is 47.0. The number of nitrogens with one attached hydrogen (secondary N) is 1. The fraction of sp³-hybridized carbons (Fsp3) is 0.935. The molecule has 1 amide bonds. The van der Waals surface area contributed by atoms with E-state index in [4.69, 9.17) is 37.9 Å². The van der Waals surface area contributed by atoms with Gasteiger partial charge in [0.05, 0.1) is 51.2 Å². The molecule has 0 aromatic carbocycles. The monoisotopic (exact) mass is 791 g/mol. The standard InChI is InChI=1S/C31H53NO22/c1-10-13(39)4-31(47-9-37,53-25(10)19(41)14(40)5-33)54-28-21(43)16(7-35)49-30(24(28)46)52-27-17(8-36)50-29(18(22(27)44)32-12(3)38)51-26-11(2)48-15(6-34)20(42)23(26)45/h9-11,13-30,33-36,39-46H,4-8H2,1-3H3,(H,32,38)/t10-,11-,13-,14?,15?,16?,17+,18?,19-,20-,21+,22?,23+,24+,25?,26?,27-,28+,29+,30?,31+/m1/s1. The van der Waals surface area contributed by atoms with E-state index in [0.717, 1.165) is 6.92 Å². The molecule has 4 saturated heterocycles. The van der Waals surface area contributed by atoms with Crippen LogP contribution in [0.4, 0.5) is 0 Å². The molecule has 0 aromatic rings. The Kier molecular flexibility index (Phi) is 15.9. The van der Waals surface area contributed by atoms with Gasteiger partial charge in [0.15, 0.2) is 12.6 Å². The Hall–Kier alpha value is -1.82. The summed E-state index contributed by atoms with van der Waals surface area (Å²) in [6.45, 7) is 0.420. The van der Waals surface area contributed by atoms with Crippen molar-refractivity contribution in [1.29, 1.82) is 0 Å². The molecule has 4 heterocycles. The number of carbonyl (C=O) groups is 2. The highest BCUT2D eigenvalue weighted by molar-refractivity contribution is 5.73. The lowest BCUT2D eigenvalue weighted by Crippen LogP contribution is -2.69. The number of carbonyl (C=O) groups excluding carboxylic acids is 2. The molecule has 4 fully saturated rings. The van der Waals surface area contributed by atoms with E-state index < -0.39 is 167 Å². The molecule has 54 heavy (non-hydrogen) atoms. The summed E-state index contributed by atoms with van der Waals surface area (Å²) < 4.78 is 45.2. The van der Waals surface area contributed by atoms with Crippen molar-refractivity contribution in [3.05, 3.63) is 0 Å². The first-order chi connectivity index (χ1) is 25.5. The summed E-state index contributed by atoms with van der Waals surface area (Å²) in [7, 11) is 0. The van der Waals surface area contributed by atoms with Crippen molar-refractivity contribution in [2.24, 2.45) is 5.92 Å². The lowest BCUT2D eigenvalue weighted by atomic mass is 9.87. The zero-order valence-corrected chi connectivity index (χ0v) is 29.6. The molecule has 0 aromatic heterocycles. The fourth-order valence-electron chi connectivity index (χ4n) is 7.01. The lowest BCUT2D eigenvalue weighted by Gasteiger charge is -2.51. The Bertz CT molecular complexity index is 1210. The number of rotatable bonds is 15. The summed E-state index contributed by atoms with van der Waals surface area (Å²) in [5.41, 5.74) is 0. The third-order valence-corrected chi connectivity index (χ3v) is 10.1. The van der Waals surface area contributed by atoms with E-state index in [1.54, 1.807) is 0 Å². The highest BCUT2D eigenvalue weighted by Crippen LogP contribution is 2.40. The maximum absolute atomic E-state index is 12.2. The Labute approximate surface area is 308 Å². The summed E-state index contributed by atoms with van der Waals surface area (Å²) in [6.07, 6.45) is -30.4. The van der Waals surface area contributed by atoms with Crippen LogP contribution >= 0.6 is 0 Å². The topological polar surface area (TPSA) is 363 Å². The van der Waals surface area contributed by atoms with Crippen molar-refractivity contribution in [3.8, 4) is 0 Å². The third kappa shape index (κ3) is 9.47. The second-order valence-electron chi connectivity index (χ2n) is 13.8. The van der Waals surface area contributed by atoms with Gasteiger partial charge < -0.3 is 104 Å². The first-order valence-corrected chi connectivity index (χ1v) is 17.4. The van der Waals surface area contributed by atoms with Gasteiger partial charge in [-0.05, 0) is 6.92 Å². The molecule has 0 spiro atoms. The van der Waals surface area contributed by atoms with Gasteiger partial charge in [-0.1, -0.05) is 6.92 Å². The molecular weight excluding hydrogens is 738 g/mol. The molecule has 4 rings (SSSR count). The molecule has 0 radical (unpaired) electrons. The first kappa shape index (κ1) is 44.9. The Morgan fingerprint density at radius 1 is 0.796 bits per heavy atom. The van der Waals surface area contributed by atoms with Crippen LogP contribution in [-0.2, 0) is 47.5 Å². The molecule has 314 valence electrons. The Morgan fingerprint density at radius 2 is 1.39 bits per heavy atom. The number of aliphatic hydroxyl groups excluding tert-OH is 12. The molecule has 23 nitrogen and oxygen atoms in total. The van der Waals surface area contributed by atoms with Crippen LogP contribution in [0.25, 0.3) is 0 Å². The summed E-state index contributed by atoms with van der Waals surface area (Å²) in [6, 6.07) is -1.53. The predicted molar refractivity (Wildman–Crippen MR) is 169 cm³/mol. The zero-order chi connectivity index (χ0) is 40.2. The van der Waals surface area contributed by atoms with Crippen LogP contribution in [0.3, 0.4) is 0 Å². The van der Waals surface area contributed by atoms with Crippen LogP contribution < -0.4 is 5.32 Å². The van der Waals surface area contributed by atoms with Gasteiger partial charge in [0.1, 0.15) is 85.4 Å². The number of aliphatic hydroxyl groups is 12. The molecule has 21 atom stereocenters. The fourth-order valence-corrected chi connectivity index (χ4v) is 7.01. The minimum Gasteiger partial charge on any atom is -0.410 e. The van der Waals surface area contributed by atoms with Crippen LogP contribution in [0, 0.1) is 5.92 Å². The summed E-state index contributed by atoms with van der Waals surface area (Å²) >= 11 is 0. The summed E-state index contributed by atoms with van der Waals surface area (Å²) in [4.78, 5) is 23.9. The van der Waals surface area contributed by atoms with Gasteiger partial charge in [0.25, 0.3) is 6.47 Å². The van der Waals surface area contributed by atoms with Crippen LogP contribution in [0.15, 0.2) is 0 Å². The van der Waals surface area contributed by atoms with Crippen molar-refractivity contribution in [3.63, 3.8) is 0 Å². The maximum atomic E-state index is 12.2. The quantitative estimate of drug-likeness (QED) is 0.0541. The Balaban J connectivity index is 1.59. The zero-order valence-electron chi connectivity index (χ0n) is 29.6. The van der Waals surface area contributed by atoms with E-state index in [9.17, 15) is 70.9 Å². The van der Waals surface area contributed by atoms with Crippen molar-refractivity contribution in [2.75, 3.05) is 26.4 Å². The molecular formula is C31H53NO22. The van der Waals surface area contributed by atoms with Crippen molar-refractivity contribution in [2.45, 2.75) is 149 Å². The van der Waals surface area contributed by atoms with Crippen molar-refractivity contribution in [1.82, 2.24) is 5.32 Å². The van der Waals surface area contributed by atoms with Gasteiger partial charge in [0, 0.05) is 12.8 Å². The summed E-state index contributed by atoms with van der Waals surface area (Å²) in [5, 5.41) is 128. The maximum Gasteiger partial charge on any atom is 0.332 e. The summed E-state index contributed by atoms with van der Waals surface area (Å²) in [5.74, 6) is -4.33. The highest BCUT2D eigenvalue weighted by Gasteiger charge is 2.58. The van der Waals surface area contributed by atoms with Crippen LogP contribution in [-0.4, -0.2) is 222 Å². The highest BCUT2D eigenvalue weighted by atomic mass is 16.9. The van der Waals surface area contributed by atoms with E-state index >= 15 is 0 Å². The molecule has 4 aliphatic rings. The van der Waals surface area contributed by atoms with E-state index in [2.05, 4.69) is 5.32 Å². The first-order valence-electron chi connectivity index (χ1n) is 17.4. The number of hydrogen-bond donors (Lipinski definition) is 13. The van der Waals surface area contributed by atoms with Crippen LogP contribution in [0.1, 0.15) is 27.2 Å². The minimum atomic E-state index is -2.67. The van der Waals surface area contributed by atoms with Gasteiger partial charge in [-0.2, -0.15) is 0 Å². The average molecular weight is 792 g/mol. The molecule has 8 unspecified atom stereocenters. The Morgan fingerprint density at radius 3 is 1.96 bits per heavy atom. The van der Waals surface area contributed by atoms with Gasteiger partial charge >= 0.3 is 5.97 Å². The van der Waals surface area contributed by atoms with Gasteiger partial charge in [-0.25, -0.2) is 0 Å². The number of hydrogen-bond acceptors (Lipinski definition) is 22. The van der Waals surface area contributed by atoms with Gasteiger partial charge in [-0.3, -0.25) is 9.59 Å². The van der Waals surface area contributed by atoms with E-state index in [1.807, 2.05) is 0 Å². The second kappa shape index (κ2) is 19.1. The van der Waals surface area contributed by atoms with Crippen molar-refractivity contribution >= 4 is 12.4 Å². The van der Waals surface area contributed by atoms with Crippen LogP contribution in [0.5, 0.6) is 0 Å². The van der Waals surface area contributed by atoms with E-state index in [1.165, 1.54) is 13.8 Å². The lowest BCUT2D eigenvalue weighted by molar-refractivity contribution is -0.448. The largest absolute Gasteiger partial charge is 0.410 e. The molecule has 4 aliphatic heterocycles. The SMILES string of the molecule is CC(=O)NC1C(O)[C@H](OC2OC(CO)[C@H](O)[C@H](O[C@]3(OC=O)C[C@@H](O)[C@@H](C)C([C@H](O)C(O)CO)O3)[C@@H]2O)[C@H](CO)O[C@H]1OC1[C@@H](O)[C@H](O)C(CO)O[C@@H]1C. The van der Waals surface area contributed by atoms with Gasteiger partial charge in [-0.15, -0.1) is 0 Å².